The van der Waals surface area contributed by atoms with Gasteiger partial charge in [-0.3, -0.25) is 9.69 Å². The quantitative estimate of drug-likeness (QED) is 0.649. The van der Waals surface area contributed by atoms with Crippen molar-refractivity contribution in [3.8, 4) is 0 Å². The monoisotopic (exact) mass is 374 g/mol. The molecule has 0 aromatic heterocycles. The molecule has 152 valence electrons. The fourth-order valence-corrected chi connectivity index (χ4v) is 3.42. The predicted octanol–water partition coefficient (Wildman–Crippen LogP) is 4.23. The van der Waals surface area contributed by atoms with Crippen molar-refractivity contribution < 1.29 is 9.53 Å². The molecule has 1 saturated heterocycles. The van der Waals surface area contributed by atoms with Crippen LogP contribution in [0.15, 0.2) is 24.3 Å². The molecule has 1 aliphatic rings. The van der Waals surface area contributed by atoms with Crippen LogP contribution in [0.3, 0.4) is 0 Å². The lowest BCUT2D eigenvalue weighted by Crippen LogP contribution is -2.39. The molecule has 4 heteroatoms. The molecule has 1 aliphatic heterocycles. The molecule has 0 atom stereocenters. The third-order valence-corrected chi connectivity index (χ3v) is 5.30. The van der Waals surface area contributed by atoms with Gasteiger partial charge in [-0.2, -0.15) is 0 Å². The Morgan fingerprint density at radius 3 is 2.37 bits per heavy atom. The van der Waals surface area contributed by atoms with Gasteiger partial charge in [0.2, 0.25) is 5.91 Å². The number of hydrogen-bond acceptors (Lipinski definition) is 3. The lowest BCUT2D eigenvalue weighted by molar-refractivity contribution is -0.132. The van der Waals surface area contributed by atoms with E-state index in [1.807, 2.05) is 0 Å². The Labute approximate surface area is 165 Å². The Hall–Kier alpha value is -1.39. The summed E-state index contributed by atoms with van der Waals surface area (Å²) >= 11 is 0. The van der Waals surface area contributed by atoms with E-state index in [2.05, 4.69) is 61.8 Å². The molecule has 1 aromatic carbocycles. The Morgan fingerprint density at radius 2 is 1.78 bits per heavy atom. The number of amides is 1. The molecule has 0 unspecified atom stereocenters. The molecule has 0 bridgehead atoms. The zero-order valence-electron chi connectivity index (χ0n) is 17.8. The van der Waals surface area contributed by atoms with Crippen LogP contribution in [0.25, 0.3) is 0 Å². The van der Waals surface area contributed by atoms with Gasteiger partial charge in [-0.15, -0.1) is 0 Å². The molecule has 0 saturated carbocycles. The van der Waals surface area contributed by atoms with Gasteiger partial charge in [-0.05, 0) is 29.4 Å². The second-order valence-corrected chi connectivity index (χ2v) is 8.67. The van der Waals surface area contributed by atoms with Crippen molar-refractivity contribution in [2.75, 3.05) is 39.4 Å². The lowest BCUT2D eigenvalue weighted by atomic mass is 9.87. The van der Waals surface area contributed by atoms with Gasteiger partial charge in [0.15, 0.2) is 0 Å². The first kappa shape index (κ1) is 21.9. The van der Waals surface area contributed by atoms with Crippen LogP contribution < -0.4 is 0 Å². The molecule has 0 aliphatic carbocycles. The summed E-state index contributed by atoms with van der Waals surface area (Å²) in [6.07, 6.45) is 3.72. The number of nitrogens with zero attached hydrogens (tertiary/aromatic N) is 2. The van der Waals surface area contributed by atoms with Crippen LogP contribution in [0.4, 0.5) is 0 Å². The molecule has 1 aromatic rings. The van der Waals surface area contributed by atoms with Crippen LogP contribution in [0.5, 0.6) is 0 Å². The molecule has 2 rings (SSSR count). The van der Waals surface area contributed by atoms with E-state index >= 15 is 0 Å². The maximum atomic E-state index is 12.7. The van der Waals surface area contributed by atoms with Crippen LogP contribution in [0.2, 0.25) is 0 Å². The third-order valence-electron chi connectivity index (χ3n) is 5.30. The van der Waals surface area contributed by atoms with Crippen LogP contribution in [0.1, 0.15) is 64.5 Å². The number of carbonyl (C=O) groups is 1. The second kappa shape index (κ2) is 10.8. The van der Waals surface area contributed by atoms with E-state index in [0.29, 0.717) is 12.3 Å². The van der Waals surface area contributed by atoms with Crippen LogP contribution >= 0.6 is 0 Å². The summed E-state index contributed by atoms with van der Waals surface area (Å²) in [6, 6.07) is 8.78. The summed E-state index contributed by atoms with van der Waals surface area (Å²) in [5, 5.41) is 0. The maximum absolute atomic E-state index is 12.7. The Balaban J connectivity index is 1.93. The van der Waals surface area contributed by atoms with Gasteiger partial charge in [-0.1, -0.05) is 58.4 Å². The average Bonchev–Trinajstić information content (AvgIpc) is 2.66. The number of carbonyl (C=O) groups excluding carboxylic acids is 1. The van der Waals surface area contributed by atoms with E-state index in [-0.39, 0.29) is 5.41 Å². The zero-order valence-corrected chi connectivity index (χ0v) is 17.8. The van der Waals surface area contributed by atoms with E-state index in [1.165, 1.54) is 11.1 Å². The summed E-state index contributed by atoms with van der Waals surface area (Å²) in [5.41, 5.74) is 2.72. The Kier molecular flexibility index (Phi) is 8.78. The van der Waals surface area contributed by atoms with Crippen molar-refractivity contribution >= 4 is 5.91 Å². The molecule has 1 heterocycles. The summed E-state index contributed by atoms with van der Waals surface area (Å²) in [7, 11) is 0. The molecular weight excluding hydrogens is 336 g/mol. The van der Waals surface area contributed by atoms with Crippen molar-refractivity contribution in [2.24, 2.45) is 0 Å². The maximum Gasteiger partial charge on any atom is 0.222 e. The lowest BCUT2D eigenvalue weighted by Gasteiger charge is -2.28. The second-order valence-electron chi connectivity index (χ2n) is 8.67. The number of rotatable bonds is 9. The van der Waals surface area contributed by atoms with Crippen molar-refractivity contribution in [3.05, 3.63) is 35.4 Å². The average molecular weight is 375 g/mol. The fraction of sp³-hybridized carbons (Fsp3) is 0.696. The van der Waals surface area contributed by atoms with E-state index < -0.39 is 0 Å². The fourth-order valence-electron chi connectivity index (χ4n) is 3.42. The summed E-state index contributed by atoms with van der Waals surface area (Å²) in [5.74, 6) is 0.290. The van der Waals surface area contributed by atoms with Gasteiger partial charge in [-0.25, -0.2) is 0 Å². The minimum atomic E-state index is 0.160. The SMILES string of the molecule is CCCCC(=O)N(CCCN1CCOCC1)Cc1ccc(C(C)(C)C)cc1. The number of hydrogen-bond donors (Lipinski definition) is 0. The molecule has 0 spiro atoms. The molecule has 4 nitrogen and oxygen atoms in total. The van der Waals surface area contributed by atoms with Crippen LogP contribution in [-0.2, 0) is 21.5 Å². The van der Waals surface area contributed by atoms with Crippen molar-refractivity contribution in [2.45, 2.75) is 65.3 Å². The highest BCUT2D eigenvalue weighted by Gasteiger charge is 2.17. The topological polar surface area (TPSA) is 32.8 Å². The minimum Gasteiger partial charge on any atom is -0.379 e. The number of unbranched alkanes of at least 4 members (excludes halogenated alkanes) is 1. The highest BCUT2D eigenvalue weighted by Crippen LogP contribution is 2.22. The van der Waals surface area contributed by atoms with Gasteiger partial charge in [0.05, 0.1) is 13.2 Å². The normalized spacial score (nSPS) is 15.7. The first-order chi connectivity index (χ1) is 12.9. The Morgan fingerprint density at radius 1 is 1.11 bits per heavy atom. The predicted molar refractivity (Wildman–Crippen MR) is 112 cm³/mol. The van der Waals surface area contributed by atoms with Crippen molar-refractivity contribution in [1.29, 1.82) is 0 Å². The van der Waals surface area contributed by atoms with Gasteiger partial charge in [0.25, 0.3) is 0 Å². The van der Waals surface area contributed by atoms with Crippen molar-refractivity contribution in [3.63, 3.8) is 0 Å². The van der Waals surface area contributed by atoms with Crippen molar-refractivity contribution in [1.82, 2.24) is 9.80 Å². The molecule has 0 radical (unpaired) electrons. The van der Waals surface area contributed by atoms with E-state index in [1.54, 1.807) is 0 Å². The molecular formula is C23H38N2O2. The Bertz CT molecular complexity index is 557. The smallest absolute Gasteiger partial charge is 0.222 e. The third kappa shape index (κ3) is 7.63. The van der Waals surface area contributed by atoms with Gasteiger partial charge in [0.1, 0.15) is 0 Å². The van der Waals surface area contributed by atoms with Crippen LogP contribution in [0, 0.1) is 0 Å². The summed E-state index contributed by atoms with van der Waals surface area (Å²) in [4.78, 5) is 17.2. The largest absolute Gasteiger partial charge is 0.379 e. The van der Waals surface area contributed by atoms with E-state index in [9.17, 15) is 4.79 Å². The number of benzene rings is 1. The standard InChI is InChI=1S/C23H38N2O2/c1-5-6-8-22(26)25(14-7-13-24-15-17-27-18-16-24)19-20-9-11-21(12-10-20)23(2,3)4/h9-12H,5-8,13-19H2,1-4H3. The summed E-state index contributed by atoms with van der Waals surface area (Å²) < 4.78 is 5.42. The van der Waals surface area contributed by atoms with Gasteiger partial charge in [0, 0.05) is 39.1 Å². The first-order valence-electron chi connectivity index (χ1n) is 10.6. The highest BCUT2D eigenvalue weighted by molar-refractivity contribution is 5.76. The van der Waals surface area contributed by atoms with E-state index in [0.717, 1.165) is 65.2 Å². The summed E-state index contributed by atoms with van der Waals surface area (Å²) in [6.45, 7) is 15.1. The van der Waals surface area contributed by atoms with Gasteiger partial charge >= 0.3 is 0 Å². The zero-order chi connectivity index (χ0) is 19.7. The van der Waals surface area contributed by atoms with E-state index in [4.69, 9.17) is 4.74 Å². The minimum absolute atomic E-state index is 0.160. The highest BCUT2D eigenvalue weighted by atomic mass is 16.5. The van der Waals surface area contributed by atoms with Crippen LogP contribution in [-0.4, -0.2) is 55.1 Å². The first-order valence-corrected chi connectivity index (χ1v) is 10.6. The molecule has 27 heavy (non-hydrogen) atoms. The number of ether oxygens (including phenoxy) is 1. The van der Waals surface area contributed by atoms with Gasteiger partial charge < -0.3 is 9.64 Å². The molecule has 1 fully saturated rings. The molecule has 1 amide bonds. The molecule has 0 N–H and O–H groups in total. The number of morpholine rings is 1.